The smallest absolute Gasteiger partial charge is 0.193 e. The summed E-state index contributed by atoms with van der Waals surface area (Å²) in [5.41, 5.74) is 5.95. The number of hydrogen-bond acceptors (Lipinski definition) is 6. The molecule has 0 spiro atoms. The van der Waals surface area contributed by atoms with Crippen LogP contribution < -0.4 is 5.32 Å². The Bertz CT molecular complexity index is 1060. The van der Waals surface area contributed by atoms with Crippen LogP contribution in [-0.4, -0.2) is 35.4 Å². The molecule has 6 nitrogen and oxygen atoms in total. The first-order valence-corrected chi connectivity index (χ1v) is 8.78. The number of nitrogens with zero attached hydrogens (tertiary/aromatic N) is 3. The number of nitrogens with one attached hydrogen (secondary N) is 1. The molecule has 3 heterocycles. The van der Waals surface area contributed by atoms with Crippen molar-refractivity contribution in [1.82, 2.24) is 15.1 Å². The van der Waals surface area contributed by atoms with Gasteiger partial charge in [-0.2, -0.15) is 0 Å². The summed E-state index contributed by atoms with van der Waals surface area (Å²) < 4.78 is 10.7. The number of aryl methyl sites for hydroxylation is 1. The lowest BCUT2D eigenvalue weighted by Crippen LogP contribution is -2.09. The Morgan fingerprint density at radius 2 is 1.93 bits per heavy atom. The van der Waals surface area contributed by atoms with E-state index in [-0.39, 0.29) is 0 Å². The standard InChI is InChI=1S/C21H20N4O2/c1-14-19-20(27-25-14)17(13-18(24-19)15-7-4-3-5-8-15)16-9-6-10-22-21(16)23-11-12-26-2/h3-10,13H,11-12H2,1-2H3,(H,22,23). The zero-order valence-electron chi connectivity index (χ0n) is 15.3. The van der Waals surface area contributed by atoms with Crippen molar-refractivity contribution in [2.24, 2.45) is 0 Å². The van der Waals surface area contributed by atoms with Gasteiger partial charge in [-0.25, -0.2) is 9.97 Å². The highest BCUT2D eigenvalue weighted by molar-refractivity contribution is 5.96. The fourth-order valence-electron chi connectivity index (χ4n) is 3.02. The molecule has 0 saturated heterocycles. The predicted octanol–water partition coefficient (Wildman–Crippen LogP) is 4.32. The van der Waals surface area contributed by atoms with Gasteiger partial charge in [0.25, 0.3) is 0 Å². The van der Waals surface area contributed by atoms with Crippen LogP contribution >= 0.6 is 0 Å². The zero-order chi connectivity index (χ0) is 18.6. The third-order valence-corrected chi connectivity index (χ3v) is 4.36. The minimum atomic E-state index is 0.596. The Hall–Kier alpha value is -3.25. The van der Waals surface area contributed by atoms with Crippen LogP contribution in [0.2, 0.25) is 0 Å². The molecule has 136 valence electrons. The van der Waals surface area contributed by atoms with Gasteiger partial charge in [0, 0.05) is 36.5 Å². The second kappa shape index (κ2) is 7.55. The second-order valence-electron chi connectivity index (χ2n) is 6.19. The lowest BCUT2D eigenvalue weighted by Gasteiger charge is -2.12. The lowest BCUT2D eigenvalue weighted by atomic mass is 10.0. The summed E-state index contributed by atoms with van der Waals surface area (Å²) in [6.45, 7) is 3.16. The Kier molecular flexibility index (Phi) is 4.80. The van der Waals surface area contributed by atoms with Crippen molar-refractivity contribution in [3.63, 3.8) is 0 Å². The van der Waals surface area contributed by atoms with Gasteiger partial charge in [-0.3, -0.25) is 0 Å². The van der Waals surface area contributed by atoms with Crippen LogP contribution in [0.15, 0.2) is 59.3 Å². The van der Waals surface area contributed by atoms with E-state index in [2.05, 4.69) is 15.5 Å². The Morgan fingerprint density at radius 1 is 1.07 bits per heavy atom. The van der Waals surface area contributed by atoms with Crippen molar-refractivity contribution >= 4 is 16.9 Å². The molecule has 4 rings (SSSR count). The van der Waals surface area contributed by atoms with Gasteiger partial charge in [0.05, 0.1) is 12.3 Å². The summed E-state index contributed by atoms with van der Waals surface area (Å²) >= 11 is 0. The maximum Gasteiger partial charge on any atom is 0.193 e. The minimum absolute atomic E-state index is 0.596. The van der Waals surface area contributed by atoms with E-state index in [1.54, 1.807) is 13.3 Å². The average Bonchev–Trinajstić information content (AvgIpc) is 3.10. The highest BCUT2D eigenvalue weighted by Crippen LogP contribution is 2.35. The average molecular weight is 360 g/mol. The minimum Gasteiger partial charge on any atom is -0.383 e. The number of methoxy groups -OCH3 is 1. The molecular weight excluding hydrogens is 340 g/mol. The van der Waals surface area contributed by atoms with E-state index in [0.717, 1.165) is 39.4 Å². The van der Waals surface area contributed by atoms with Gasteiger partial charge in [0.2, 0.25) is 0 Å². The van der Waals surface area contributed by atoms with Gasteiger partial charge in [-0.05, 0) is 25.1 Å². The van der Waals surface area contributed by atoms with E-state index in [4.69, 9.17) is 14.2 Å². The number of aromatic nitrogens is 3. The molecule has 1 aromatic carbocycles. The molecule has 0 fully saturated rings. The fourth-order valence-corrected chi connectivity index (χ4v) is 3.02. The molecule has 3 aromatic heterocycles. The molecule has 0 aliphatic heterocycles. The molecular formula is C21H20N4O2. The first-order valence-electron chi connectivity index (χ1n) is 8.78. The number of fused-ring (bicyclic) bond motifs is 1. The van der Waals surface area contributed by atoms with Gasteiger partial charge in [-0.1, -0.05) is 35.5 Å². The van der Waals surface area contributed by atoms with Crippen LogP contribution in [0.4, 0.5) is 5.82 Å². The summed E-state index contributed by atoms with van der Waals surface area (Å²) in [5.74, 6) is 0.773. The van der Waals surface area contributed by atoms with E-state index in [0.29, 0.717) is 18.7 Å². The number of pyridine rings is 2. The van der Waals surface area contributed by atoms with Crippen molar-refractivity contribution in [1.29, 1.82) is 0 Å². The monoisotopic (exact) mass is 360 g/mol. The molecule has 0 atom stereocenters. The van der Waals surface area contributed by atoms with Crippen LogP contribution in [-0.2, 0) is 4.74 Å². The highest BCUT2D eigenvalue weighted by Gasteiger charge is 2.18. The number of anilines is 1. The molecule has 1 N–H and O–H groups in total. The number of benzene rings is 1. The van der Waals surface area contributed by atoms with Crippen molar-refractivity contribution < 1.29 is 9.26 Å². The molecule has 0 amide bonds. The first kappa shape index (κ1) is 17.2. The quantitative estimate of drug-likeness (QED) is 0.516. The Labute approximate surface area is 157 Å². The van der Waals surface area contributed by atoms with E-state index < -0.39 is 0 Å². The Balaban J connectivity index is 1.89. The van der Waals surface area contributed by atoms with Crippen LogP contribution in [0.25, 0.3) is 33.5 Å². The van der Waals surface area contributed by atoms with Crippen LogP contribution in [0, 0.1) is 6.92 Å². The lowest BCUT2D eigenvalue weighted by molar-refractivity contribution is 0.210. The van der Waals surface area contributed by atoms with Crippen molar-refractivity contribution in [3.8, 4) is 22.4 Å². The van der Waals surface area contributed by atoms with Crippen molar-refractivity contribution in [3.05, 3.63) is 60.4 Å². The van der Waals surface area contributed by atoms with E-state index in [1.165, 1.54) is 0 Å². The number of ether oxygens (including phenoxy) is 1. The molecule has 27 heavy (non-hydrogen) atoms. The summed E-state index contributed by atoms with van der Waals surface area (Å²) in [5, 5.41) is 7.45. The third-order valence-electron chi connectivity index (χ3n) is 4.36. The highest BCUT2D eigenvalue weighted by atomic mass is 16.5. The molecule has 4 aromatic rings. The van der Waals surface area contributed by atoms with Gasteiger partial charge in [0.15, 0.2) is 5.58 Å². The van der Waals surface area contributed by atoms with E-state index >= 15 is 0 Å². The van der Waals surface area contributed by atoms with Crippen LogP contribution in [0.3, 0.4) is 0 Å². The molecule has 0 aliphatic rings. The molecule has 0 bridgehead atoms. The van der Waals surface area contributed by atoms with E-state index in [9.17, 15) is 0 Å². The SMILES string of the molecule is COCCNc1ncccc1-c1cc(-c2ccccc2)nc2c(C)noc12. The largest absolute Gasteiger partial charge is 0.383 e. The predicted molar refractivity (Wildman–Crippen MR) is 106 cm³/mol. The third kappa shape index (κ3) is 3.39. The Morgan fingerprint density at radius 3 is 2.74 bits per heavy atom. The number of rotatable bonds is 6. The van der Waals surface area contributed by atoms with Crippen LogP contribution in [0.1, 0.15) is 5.69 Å². The maximum atomic E-state index is 5.61. The molecule has 0 aliphatic carbocycles. The first-order chi connectivity index (χ1) is 13.3. The van der Waals surface area contributed by atoms with Gasteiger partial charge >= 0.3 is 0 Å². The molecule has 0 radical (unpaired) electrons. The van der Waals surface area contributed by atoms with Gasteiger partial charge in [-0.15, -0.1) is 0 Å². The summed E-state index contributed by atoms with van der Waals surface area (Å²) in [6.07, 6.45) is 1.76. The van der Waals surface area contributed by atoms with Crippen molar-refractivity contribution in [2.75, 3.05) is 25.6 Å². The zero-order valence-corrected chi connectivity index (χ0v) is 15.3. The molecule has 0 unspecified atom stereocenters. The topological polar surface area (TPSA) is 73.1 Å². The summed E-state index contributed by atoms with van der Waals surface area (Å²) in [7, 11) is 1.68. The van der Waals surface area contributed by atoms with Gasteiger partial charge in [0.1, 0.15) is 17.0 Å². The normalized spacial score (nSPS) is 11.0. The van der Waals surface area contributed by atoms with Crippen LogP contribution in [0.5, 0.6) is 0 Å². The number of hydrogen-bond donors (Lipinski definition) is 1. The summed E-state index contributed by atoms with van der Waals surface area (Å²) in [4.78, 5) is 9.27. The fraction of sp³-hybridized carbons (Fsp3) is 0.190. The van der Waals surface area contributed by atoms with E-state index in [1.807, 2.05) is 55.5 Å². The maximum absolute atomic E-state index is 5.61. The second-order valence-corrected chi connectivity index (χ2v) is 6.19. The van der Waals surface area contributed by atoms with Gasteiger partial charge < -0.3 is 14.6 Å². The molecule has 0 saturated carbocycles. The summed E-state index contributed by atoms with van der Waals surface area (Å²) in [6, 6.07) is 16.0. The molecule has 6 heteroatoms. The van der Waals surface area contributed by atoms with Crippen molar-refractivity contribution in [2.45, 2.75) is 6.92 Å².